The molecule has 0 bridgehead atoms. The maximum absolute atomic E-state index is 12.5. The summed E-state index contributed by atoms with van der Waals surface area (Å²) in [7, 11) is 0. The Balaban J connectivity index is 1.91. The van der Waals surface area contributed by atoms with Gasteiger partial charge in [-0.05, 0) is 39.7 Å². The lowest BCUT2D eigenvalue weighted by Gasteiger charge is -2.34. The SMILES string of the molecule is CC(C)N(CC1CCCCN1)C(=O)C1CCOC1. The molecule has 2 rings (SSSR count). The molecule has 1 amide bonds. The smallest absolute Gasteiger partial charge is 0.228 e. The molecule has 0 aliphatic carbocycles. The van der Waals surface area contributed by atoms with E-state index >= 15 is 0 Å². The minimum Gasteiger partial charge on any atom is -0.381 e. The van der Waals surface area contributed by atoms with E-state index in [9.17, 15) is 4.79 Å². The fraction of sp³-hybridized carbons (Fsp3) is 0.929. The zero-order valence-corrected chi connectivity index (χ0v) is 11.7. The van der Waals surface area contributed by atoms with Gasteiger partial charge in [-0.25, -0.2) is 0 Å². The van der Waals surface area contributed by atoms with Crippen molar-refractivity contribution < 1.29 is 9.53 Å². The first-order valence-electron chi connectivity index (χ1n) is 7.30. The van der Waals surface area contributed by atoms with Crippen molar-refractivity contribution in [3.05, 3.63) is 0 Å². The highest BCUT2D eigenvalue weighted by Gasteiger charge is 2.30. The van der Waals surface area contributed by atoms with Crippen LogP contribution in [-0.4, -0.2) is 49.2 Å². The second-order valence-electron chi connectivity index (χ2n) is 5.79. The molecule has 2 heterocycles. The summed E-state index contributed by atoms with van der Waals surface area (Å²) < 4.78 is 5.33. The van der Waals surface area contributed by atoms with Crippen LogP contribution in [0.4, 0.5) is 0 Å². The van der Waals surface area contributed by atoms with Crippen molar-refractivity contribution >= 4 is 5.91 Å². The number of piperidine rings is 1. The van der Waals surface area contributed by atoms with Gasteiger partial charge in [-0.3, -0.25) is 4.79 Å². The predicted molar refractivity (Wildman–Crippen MR) is 71.4 cm³/mol. The van der Waals surface area contributed by atoms with E-state index in [1.807, 2.05) is 4.90 Å². The lowest BCUT2D eigenvalue weighted by molar-refractivity contribution is -0.137. The summed E-state index contributed by atoms with van der Waals surface area (Å²) >= 11 is 0. The Morgan fingerprint density at radius 2 is 2.22 bits per heavy atom. The number of carbonyl (C=O) groups is 1. The molecule has 2 fully saturated rings. The summed E-state index contributed by atoms with van der Waals surface area (Å²) in [4.78, 5) is 14.5. The molecule has 0 aromatic heterocycles. The minimum atomic E-state index is 0.0935. The van der Waals surface area contributed by atoms with Crippen LogP contribution in [0.5, 0.6) is 0 Å². The average Bonchev–Trinajstić information content (AvgIpc) is 2.90. The molecule has 2 unspecified atom stereocenters. The van der Waals surface area contributed by atoms with Crippen molar-refractivity contribution in [2.24, 2.45) is 5.92 Å². The summed E-state index contributed by atoms with van der Waals surface area (Å²) in [5.41, 5.74) is 0. The van der Waals surface area contributed by atoms with E-state index in [4.69, 9.17) is 4.74 Å². The molecule has 18 heavy (non-hydrogen) atoms. The lowest BCUT2D eigenvalue weighted by Crippen LogP contribution is -2.50. The van der Waals surface area contributed by atoms with E-state index in [2.05, 4.69) is 19.2 Å². The molecule has 4 nitrogen and oxygen atoms in total. The molecule has 4 heteroatoms. The third-order valence-corrected chi connectivity index (χ3v) is 4.01. The number of nitrogens with one attached hydrogen (secondary N) is 1. The zero-order chi connectivity index (χ0) is 13.0. The normalized spacial score (nSPS) is 28.6. The highest BCUT2D eigenvalue weighted by Crippen LogP contribution is 2.18. The Morgan fingerprint density at radius 1 is 1.39 bits per heavy atom. The van der Waals surface area contributed by atoms with Crippen LogP contribution < -0.4 is 5.32 Å². The van der Waals surface area contributed by atoms with Crippen LogP contribution in [0.25, 0.3) is 0 Å². The second-order valence-corrected chi connectivity index (χ2v) is 5.79. The fourth-order valence-electron chi connectivity index (χ4n) is 2.84. The van der Waals surface area contributed by atoms with Crippen LogP contribution in [0.1, 0.15) is 39.5 Å². The first kappa shape index (κ1) is 13.8. The van der Waals surface area contributed by atoms with E-state index in [0.717, 1.165) is 26.1 Å². The van der Waals surface area contributed by atoms with Gasteiger partial charge in [0, 0.05) is 25.2 Å². The molecular formula is C14H26N2O2. The largest absolute Gasteiger partial charge is 0.381 e. The van der Waals surface area contributed by atoms with Gasteiger partial charge in [0.1, 0.15) is 0 Å². The third-order valence-electron chi connectivity index (χ3n) is 4.01. The van der Waals surface area contributed by atoms with E-state index in [1.54, 1.807) is 0 Å². The molecule has 0 aromatic rings. The van der Waals surface area contributed by atoms with Gasteiger partial charge < -0.3 is 15.0 Å². The number of hydrogen-bond donors (Lipinski definition) is 1. The van der Waals surface area contributed by atoms with Gasteiger partial charge in [-0.15, -0.1) is 0 Å². The van der Waals surface area contributed by atoms with Gasteiger partial charge >= 0.3 is 0 Å². The fourth-order valence-corrected chi connectivity index (χ4v) is 2.84. The topological polar surface area (TPSA) is 41.6 Å². The first-order chi connectivity index (χ1) is 8.68. The maximum Gasteiger partial charge on any atom is 0.228 e. The summed E-state index contributed by atoms with van der Waals surface area (Å²) in [5, 5.41) is 3.52. The molecule has 104 valence electrons. The molecule has 2 atom stereocenters. The molecule has 0 radical (unpaired) electrons. The lowest BCUT2D eigenvalue weighted by atomic mass is 10.0. The van der Waals surface area contributed by atoms with Crippen LogP contribution in [0, 0.1) is 5.92 Å². The van der Waals surface area contributed by atoms with Gasteiger partial charge in [0.2, 0.25) is 5.91 Å². The predicted octanol–water partition coefficient (Wildman–Crippen LogP) is 1.40. The minimum absolute atomic E-state index is 0.0935. The van der Waals surface area contributed by atoms with E-state index in [1.165, 1.54) is 19.3 Å². The number of nitrogens with zero attached hydrogens (tertiary/aromatic N) is 1. The van der Waals surface area contributed by atoms with Crippen molar-refractivity contribution in [1.82, 2.24) is 10.2 Å². The standard InChI is InChI=1S/C14H26N2O2/c1-11(2)16(9-13-5-3-4-7-15-13)14(17)12-6-8-18-10-12/h11-13,15H,3-10H2,1-2H3. The highest BCUT2D eigenvalue weighted by atomic mass is 16.5. The Bertz CT molecular complexity index is 269. The van der Waals surface area contributed by atoms with Crippen LogP contribution in [0.2, 0.25) is 0 Å². The summed E-state index contributed by atoms with van der Waals surface area (Å²) in [5.74, 6) is 0.380. The van der Waals surface area contributed by atoms with Crippen molar-refractivity contribution in [1.29, 1.82) is 0 Å². The number of amides is 1. The number of carbonyl (C=O) groups excluding carboxylic acids is 1. The zero-order valence-electron chi connectivity index (χ0n) is 11.7. The van der Waals surface area contributed by atoms with Gasteiger partial charge in [0.25, 0.3) is 0 Å². The van der Waals surface area contributed by atoms with Gasteiger partial charge in [0.05, 0.1) is 12.5 Å². The molecule has 0 saturated carbocycles. The molecule has 2 aliphatic rings. The number of ether oxygens (including phenoxy) is 1. The highest BCUT2D eigenvalue weighted by molar-refractivity contribution is 5.79. The first-order valence-corrected chi connectivity index (χ1v) is 7.30. The summed E-state index contributed by atoms with van der Waals surface area (Å²) in [6, 6.07) is 0.759. The molecule has 0 aromatic carbocycles. The summed E-state index contributed by atoms with van der Waals surface area (Å²) in [6.07, 6.45) is 4.63. The Kier molecular flexibility index (Phi) is 5.01. The maximum atomic E-state index is 12.5. The van der Waals surface area contributed by atoms with E-state index in [0.29, 0.717) is 12.6 Å². The van der Waals surface area contributed by atoms with Crippen LogP contribution in [0.3, 0.4) is 0 Å². The van der Waals surface area contributed by atoms with Crippen LogP contribution in [0.15, 0.2) is 0 Å². The van der Waals surface area contributed by atoms with Crippen molar-refractivity contribution in [3.63, 3.8) is 0 Å². The molecular weight excluding hydrogens is 228 g/mol. The Hall–Kier alpha value is -0.610. The Labute approximate surface area is 110 Å². The third kappa shape index (κ3) is 3.45. The molecule has 2 aliphatic heterocycles. The van der Waals surface area contributed by atoms with Gasteiger partial charge in [-0.2, -0.15) is 0 Å². The molecule has 2 saturated heterocycles. The second kappa shape index (κ2) is 6.53. The van der Waals surface area contributed by atoms with Crippen molar-refractivity contribution in [2.75, 3.05) is 26.3 Å². The number of hydrogen-bond acceptors (Lipinski definition) is 3. The monoisotopic (exact) mass is 254 g/mol. The van der Waals surface area contributed by atoms with Crippen molar-refractivity contribution in [2.45, 2.75) is 51.6 Å². The molecule has 0 spiro atoms. The summed E-state index contributed by atoms with van der Waals surface area (Å²) in [6.45, 7) is 7.52. The van der Waals surface area contributed by atoms with Gasteiger partial charge in [-0.1, -0.05) is 6.42 Å². The molecule has 1 N–H and O–H groups in total. The quantitative estimate of drug-likeness (QED) is 0.824. The number of rotatable bonds is 4. The van der Waals surface area contributed by atoms with Crippen molar-refractivity contribution in [3.8, 4) is 0 Å². The van der Waals surface area contributed by atoms with E-state index < -0.39 is 0 Å². The van der Waals surface area contributed by atoms with Crippen LogP contribution in [-0.2, 0) is 9.53 Å². The van der Waals surface area contributed by atoms with Gasteiger partial charge in [0.15, 0.2) is 0 Å². The van der Waals surface area contributed by atoms with Crippen LogP contribution >= 0.6 is 0 Å². The average molecular weight is 254 g/mol. The Morgan fingerprint density at radius 3 is 2.78 bits per heavy atom. The van der Waals surface area contributed by atoms with E-state index in [-0.39, 0.29) is 17.9 Å².